The molecule has 1 fully saturated rings. The number of likely N-dealkylation sites (tertiary alicyclic amines) is 1. The number of fused-ring (bicyclic) bond motifs is 1. The number of carbonyl (C=O) groups excluding carboxylic acids is 1. The number of carbonyl (C=O) groups is 1. The van der Waals surface area contributed by atoms with Gasteiger partial charge in [0.15, 0.2) is 0 Å². The van der Waals surface area contributed by atoms with Crippen LogP contribution in [-0.4, -0.2) is 43.5 Å². The molecule has 0 radical (unpaired) electrons. The molecule has 3 aromatic rings. The molecule has 25 heavy (non-hydrogen) atoms. The average molecular weight is 335 g/mol. The van der Waals surface area contributed by atoms with E-state index < -0.39 is 0 Å². The summed E-state index contributed by atoms with van der Waals surface area (Å²) in [4.78, 5) is 23.4. The molecule has 1 atom stereocenters. The van der Waals surface area contributed by atoms with E-state index in [9.17, 15) is 4.79 Å². The number of benzene rings is 1. The van der Waals surface area contributed by atoms with Gasteiger partial charge >= 0.3 is 0 Å². The normalized spacial score (nSPS) is 17.8. The number of aryl methyl sites for hydroxylation is 2. The highest BCUT2D eigenvalue weighted by Crippen LogP contribution is 2.28. The first-order chi connectivity index (χ1) is 12.1. The SMILES string of the molecule is Cc1ccc(C(=O)N2CCCC(c3cc(C)nc4ncnn34)C2)cc1. The lowest BCUT2D eigenvalue weighted by atomic mass is 9.93. The summed E-state index contributed by atoms with van der Waals surface area (Å²) < 4.78 is 1.80. The van der Waals surface area contributed by atoms with Crippen LogP contribution in [0.5, 0.6) is 0 Å². The van der Waals surface area contributed by atoms with Gasteiger partial charge in [0.05, 0.1) is 5.69 Å². The van der Waals surface area contributed by atoms with Crippen molar-refractivity contribution in [3.05, 3.63) is 59.2 Å². The summed E-state index contributed by atoms with van der Waals surface area (Å²) in [6.45, 7) is 5.50. The monoisotopic (exact) mass is 335 g/mol. The van der Waals surface area contributed by atoms with Crippen LogP contribution in [0.4, 0.5) is 0 Å². The second-order valence-corrected chi connectivity index (χ2v) is 6.75. The Morgan fingerprint density at radius 3 is 2.80 bits per heavy atom. The van der Waals surface area contributed by atoms with Gasteiger partial charge in [-0.25, -0.2) is 9.50 Å². The van der Waals surface area contributed by atoms with Gasteiger partial charge in [-0.2, -0.15) is 10.1 Å². The molecule has 6 nitrogen and oxygen atoms in total. The third-order valence-electron chi connectivity index (χ3n) is 4.83. The molecule has 2 aromatic heterocycles. The van der Waals surface area contributed by atoms with Crippen LogP contribution in [0, 0.1) is 13.8 Å². The fourth-order valence-electron chi connectivity index (χ4n) is 3.53. The van der Waals surface area contributed by atoms with Crippen LogP contribution in [0.2, 0.25) is 0 Å². The number of rotatable bonds is 2. The zero-order chi connectivity index (χ0) is 17.4. The van der Waals surface area contributed by atoms with E-state index in [1.165, 1.54) is 6.33 Å². The van der Waals surface area contributed by atoms with Crippen LogP contribution in [-0.2, 0) is 0 Å². The zero-order valence-electron chi connectivity index (χ0n) is 14.5. The Bertz CT molecular complexity index is 915. The lowest BCUT2D eigenvalue weighted by Crippen LogP contribution is -2.39. The highest BCUT2D eigenvalue weighted by molar-refractivity contribution is 5.94. The fraction of sp³-hybridized carbons (Fsp3) is 0.368. The van der Waals surface area contributed by atoms with Crippen molar-refractivity contribution < 1.29 is 4.79 Å². The van der Waals surface area contributed by atoms with Gasteiger partial charge in [0.25, 0.3) is 11.7 Å². The molecule has 6 heteroatoms. The quantitative estimate of drug-likeness (QED) is 0.722. The lowest BCUT2D eigenvalue weighted by Gasteiger charge is -2.33. The molecule has 128 valence electrons. The van der Waals surface area contributed by atoms with Gasteiger partial charge in [-0.3, -0.25) is 4.79 Å². The van der Waals surface area contributed by atoms with Gasteiger partial charge in [0.2, 0.25) is 0 Å². The molecule has 1 saturated heterocycles. The Morgan fingerprint density at radius 1 is 1.20 bits per heavy atom. The molecule has 1 amide bonds. The van der Waals surface area contributed by atoms with E-state index in [4.69, 9.17) is 0 Å². The smallest absolute Gasteiger partial charge is 0.253 e. The Labute approximate surface area is 146 Å². The predicted molar refractivity (Wildman–Crippen MR) is 94.6 cm³/mol. The second-order valence-electron chi connectivity index (χ2n) is 6.75. The molecule has 1 unspecified atom stereocenters. The Kier molecular flexibility index (Phi) is 3.95. The number of aromatic nitrogens is 4. The van der Waals surface area contributed by atoms with Gasteiger partial charge < -0.3 is 4.90 Å². The lowest BCUT2D eigenvalue weighted by molar-refractivity contribution is 0.0705. The van der Waals surface area contributed by atoms with Crippen molar-refractivity contribution in [2.45, 2.75) is 32.6 Å². The van der Waals surface area contributed by atoms with E-state index in [1.807, 2.05) is 43.0 Å². The van der Waals surface area contributed by atoms with Crippen LogP contribution in [0.25, 0.3) is 5.78 Å². The van der Waals surface area contributed by atoms with E-state index in [0.29, 0.717) is 12.3 Å². The first-order valence-corrected chi connectivity index (χ1v) is 8.65. The van der Waals surface area contributed by atoms with Gasteiger partial charge in [-0.1, -0.05) is 17.7 Å². The first-order valence-electron chi connectivity index (χ1n) is 8.65. The van der Waals surface area contributed by atoms with Gasteiger partial charge in [0, 0.05) is 30.3 Å². The minimum atomic E-state index is 0.102. The topological polar surface area (TPSA) is 63.4 Å². The number of hydrogen-bond donors (Lipinski definition) is 0. The molecule has 0 bridgehead atoms. The maximum Gasteiger partial charge on any atom is 0.253 e. The standard InChI is InChI=1S/C19H21N5O/c1-13-5-7-15(8-6-13)18(25)23-9-3-4-16(11-23)17-10-14(2)22-19-20-12-21-24(17)19/h5-8,10,12,16H,3-4,9,11H2,1-2H3. The summed E-state index contributed by atoms with van der Waals surface area (Å²) in [7, 11) is 0. The Hall–Kier alpha value is -2.76. The summed E-state index contributed by atoms with van der Waals surface area (Å²) in [6.07, 6.45) is 3.55. The Morgan fingerprint density at radius 2 is 2.00 bits per heavy atom. The maximum atomic E-state index is 12.8. The number of hydrogen-bond acceptors (Lipinski definition) is 4. The number of piperidine rings is 1. The minimum absolute atomic E-state index is 0.102. The molecule has 0 N–H and O–H groups in total. The van der Waals surface area contributed by atoms with E-state index in [1.54, 1.807) is 4.52 Å². The maximum absolute atomic E-state index is 12.8. The largest absolute Gasteiger partial charge is 0.338 e. The number of amides is 1. The highest BCUT2D eigenvalue weighted by atomic mass is 16.2. The second kappa shape index (κ2) is 6.27. The molecule has 3 heterocycles. The van der Waals surface area contributed by atoms with Gasteiger partial charge in [0.1, 0.15) is 6.33 Å². The van der Waals surface area contributed by atoms with Crippen LogP contribution in [0.3, 0.4) is 0 Å². The zero-order valence-corrected chi connectivity index (χ0v) is 14.5. The summed E-state index contributed by atoms with van der Waals surface area (Å²) in [5, 5.41) is 4.31. The minimum Gasteiger partial charge on any atom is -0.338 e. The van der Waals surface area contributed by atoms with Crippen LogP contribution >= 0.6 is 0 Å². The van der Waals surface area contributed by atoms with Crippen molar-refractivity contribution in [3.8, 4) is 0 Å². The van der Waals surface area contributed by atoms with Crippen molar-refractivity contribution in [2.75, 3.05) is 13.1 Å². The molecule has 1 aliphatic rings. The molecule has 1 aliphatic heterocycles. The van der Waals surface area contributed by atoms with Crippen LogP contribution in [0.1, 0.15) is 46.1 Å². The van der Waals surface area contributed by atoms with Crippen molar-refractivity contribution >= 4 is 11.7 Å². The third-order valence-corrected chi connectivity index (χ3v) is 4.83. The molecular weight excluding hydrogens is 314 g/mol. The summed E-state index contributed by atoms with van der Waals surface area (Å²) in [5.41, 5.74) is 3.93. The fourth-order valence-corrected chi connectivity index (χ4v) is 3.53. The van der Waals surface area contributed by atoms with Crippen molar-refractivity contribution in [1.82, 2.24) is 24.5 Å². The molecule has 0 spiro atoms. The molecule has 0 aliphatic carbocycles. The molecule has 4 rings (SSSR count). The van der Waals surface area contributed by atoms with Crippen molar-refractivity contribution in [1.29, 1.82) is 0 Å². The van der Waals surface area contributed by atoms with Crippen molar-refractivity contribution in [3.63, 3.8) is 0 Å². The molecule has 0 saturated carbocycles. The van der Waals surface area contributed by atoms with Gasteiger partial charge in [-0.05, 0) is 44.9 Å². The highest BCUT2D eigenvalue weighted by Gasteiger charge is 2.27. The van der Waals surface area contributed by atoms with E-state index in [-0.39, 0.29) is 11.8 Å². The number of nitrogens with zero attached hydrogens (tertiary/aromatic N) is 5. The molecular formula is C19H21N5O. The van der Waals surface area contributed by atoms with Crippen molar-refractivity contribution in [2.24, 2.45) is 0 Å². The summed E-state index contributed by atoms with van der Waals surface area (Å²) in [6, 6.07) is 9.85. The van der Waals surface area contributed by atoms with Gasteiger partial charge in [-0.15, -0.1) is 0 Å². The van der Waals surface area contributed by atoms with Crippen LogP contribution in [0.15, 0.2) is 36.7 Å². The van der Waals surface area contributed by atoms with Crippen LogP contribution < -0.4 is 0 Å². The third kappa shape index (κ3) is 2.99. The summed E-state index contributed by atoms with van der Waals surface area (Å²) in [5.74, 6) is 0.969. The van der Waals surface area contributed by atoms with E-state index in [2.05, 4.69) is 21.1 Å². The Balaban J connectivity index is 1.61. The first kappa shape index (κ1) is 15.7. The summed E-state index contributed by atoms with van der Waals surface area (Å²) >= 11 is 0. The van der Waals surface area contributed by atoms with E-state index >= 15 is 0 Å². The predicted octanol–water partition coefficient (Wildman–Crippen LogP) is 2.76. The molecule has 1 aromatic carbocycles. The van der Waals surface area contributed by atoms with E-state index in [0.717, 1.165) is 41.9 Å². The average Bonchev–Trinajstić information content (AvgIpc) is 3.09.